The maximum atomic E-state index is 13.3. The topological polar surface area (TPSA) is 138 Å². The van der Waals surface area contributed by atoms with E-state index in [0.29, 0.717) is 23.6 Å². The first-order valence-corrected chi connectivity index (χ1v) is 15.8. The Labute approximate surface area is 244 Å². The van der Waals surface area contributed by atoms with Gasteiger partial charge in [-0.3, -0.25) is 9.59 Å². The number of aliphatic carboxylic acids is 1. The van der Waals surface area contributed by atoms with Crippen molar-refractivity contribution < 1.29 is 28.2 Å². The summed E-state index contributed by atoms with van der Waals surface area (Å²) in [5, 5.41) is 23.3. The molecule has 0 unspecified atom stereocenters. The fourth-order valence-corrected chi connectivity index (χ4v) is 7.07. The van der Waals surface area contributed by atoms with Crippen molar-refractivity contribution in [1.29, 1.82) is 0 Å². The zero-order valence-electron chi connectivity index (χ0n) is 25.7. The number of benzene rings is 1. The minimum atomic E-state index is -3.94. The first-order chi connectivity index (χ1) is 18.7. The van der Waals surface area contributed by atoms with Crippen molar-refractivity contribution in [2.45, 2.75) is 110 Å². The number of aliphatic hydroxyl groups is 1. The van der Waals surface area contributed by atoms with E-state index in [9.17, 15) is 28.2 Å². The van der Waals surface area contributed by atoms with Crippen LogP contribution < -0.4 is 10.0 Å². The van der Waals surface area contributed by atoms with Crippen LogP contribution >= 0.6 is 0 Å². The van der Waals surface area contributed by atoms with Gasteiger partial charge in [0.25, 0.3) is 5.91 Å². The number of hydrogen-bond donors (Lipinski definition) is 4. The maximum Gasteiger partial charge on any atom is 0.310 e. The lowest BCUT2D eigenvalue weighted by molar-refractivity contribution is -0.146. The lowest BCUT2D eigenvalue weighted by Gasteiger charge is -2.27. The number of carbonyl (C=O) groups excluding carboxylic acids is 1. The summed E-state index contributed by atoms with van der Waals surface area (Å²) in [6.07, 6.45) is 5.72. The highest BCUT2D eigenvalue weighted by Gasteiger charge is 2.32. The molecule has 1 heterocycles. The van der Waals surface area contributed by atoms with Gasteiger partial charge in [0, 0.05) is 35.6 Å². The second-order valence-corrected chi connectivity index (χ2v) is 15.3. The molecular formula is C31H47N3O6S. The second kappa shape index (κ2) is 11.9. The maximum absolute atomic E-state index is 13.3. The standard InChI is InChI=1S/C31H47N3O6S/c1-20-23(27(35)32-19-30(5,6)28(36)37)17-25(34(20)18-21-12-10-9-11-13-21)22-14-15-26(24(16-22)31(7,8)38)41(39,40)33-29(2,3)4/h14-17,21,33,38H,9-13,18-19H2,1-8H3,(H,32,35)(H,36,37). The third-order valence-electron chi connectivity index (χ3n) is 7.71. The summed E-state index contributed by atoms with van der Waals surface area (Å²) in [4.78, 5) is 24.9. The Morgan fingerprint density at radius 3 is 2.15 bits per heavy atom. The number of aromatic nitrogens is 1. The molecule has 3 rings (SSSR count). The third kappa shape index (κ3) is 7.99. The zero-order chi connectivity index (χ0) is 31.0. The van der Waals surface area contributed by atoms with Crippen LogP contribution in [0.5, 0.6) is 0 Å². The van der Waals surface area contributed by atoms with Crippen LogP contribution in [0.2, 0.25) is 0 Å². The highest BCUT2D eigenvalue weighted by molar-refractivity contribution is 7.89. The summed E-state index contributed by atoms with van der Waals surface area (Å²) in [7, 11) is -3.94. The Balaban J connectivity index is 2.13. The molecule has 2 aromatic rings. The average Bonchev–Trinajstić information content (AvgIpc) is 3.16. The van der Waals surface area contributed by atoms with Gasteiger partial charge in [0.2, 0.25) is 10.0 Å². The van der Waals surface area contributed by atoms with Gasteiger partial charge < -0.3 is 20.1 Å². The molecule has 1 amide bonds. The van der Waals surface area contributed by atoms with E-state index in [1.165, 1.54) is 12.5 Å². The smallest absolute Gasteiger partial charge is 0.310 e. The molecule has 41 heavy (non-hydrogen) atoms. The van der Waals surface area contributed by atoms with Crippen LogP contribution in [0.4, 0.5) is 0 Å². The molecule has 1 saturated carbocycles. The second-order valence-electron chi connectivity index (χ2n) is 13.6. The first kappa shape index (κ1) is 32.8. The van der Waals surface area contributed by atoms with E-state index in [4.69, 9.17) is 0 Å². The van der Waals surface area contributed by atoms with E-state index < -0.39 is 32.5 Å². The molecule has 10 heteroatoms. The normalized spacial score (nSPS) is 15.6. The number of nitrogens with zero attached hydrogens (tertiary/aromatic N) is 1. The predicted molar refractivity (Wildman–Crippen MR) is 160 cm³/mol. The summed E-state index contributed by atoms with van der Waals surface area (Å²) in [6, 6.07) is 6.71. The van der Waals surface area contributed by atoms with Crippen LogP contribution in [0.1, 0.15) is 102 Å². The van der Waals surface area contributed by atoms with Crippen LogP contribution in [0.15, 0.2) is 29.2 Å². The van der Waals surface area contributed by atoms with E-state index in [2.05, 4.69) is 14.6 Å². The SMILES string of the molecule is Cc1c(C(=O)NCC(C)(C)C(=O)O)cc(-c2ccc(S(=O)(=O)NC(C)(C)C)c(C(C)(C)O)c2)n1CC1CCCCC1. The van der Waals surface area contributed by atoms with Gasteiger partial charge >= 0.3 is 5.97 Å². The average molecular weight is 590 g/mol. The summed E-state index contributed by atoms with van der Waals surface area (Å²) in [5.41, 5.74) is -0.423. The van der Waals surface area contributed by atoms with E-state index in [1.54, 1.807) is 66.7 Å². The van der Waals surface area contributed by atoms with Gasteiger partial charge in [-0.2, -0.15) is 0 Å². The predicted octanol–water partition coefficient (Wildman–Crippen LogP) is 5.19. The number of hydrogen-bond acceptors (Lipinski definition) is 5. The number of carboxylic acids is 1. The Hall–Kier alpha value is -2.69. The van der Waals surface area contributed by atoms with Crippen molar-refractivity contribution in [3.63, 3.8) is 0 Å². The molecule has 4 N–H and O–H groups in total. The highest BCUT2D eigenvalue weighted by atomic mass is 32.2. The number of carboxylic acid groups (broad SMARTS) is 1. The van der Waals surface area contributed by atoms with Crippen LogP contribution in [-0.2, 0) is 27.0 Å². The van der Waals surface area contributed by atoms with Crippen molar-refractivity contribution in [3.05, 3.63) is 41.1 Å². The summed E-state index contributed by atoms with van der Waals surface area (Å²) >= 11 is 0. The molecule has 1 aromatic carbocycles. The Bertz CT molecular complexity index is 1390. The molecule has 0 atom stereocenters. The van der Waals surface area contributed by atoms with Gasteiger partial charge in [-0.1, -0.05) is 25.3 Å². The fraction of sp³-hybridized carbons (Fsp3) is 0.613. The van der Waals surface area contributed by atoms with Crippen molar-refractivity contribution in [2.24, 2.45) is 11.3 Å². The van der Waals surface area contributed by atoms with Gasteiger partial charge in [0.15, 0.2) is 0 Å². The zero-order valence-corrected chi connectivity index (χ0v) is 26.5. The number of amides is 1. The highest BCUT2D eigenvalue weighted by Crippen LogP contribution is 2.36. The first-order valence-electron chi connectivity index (χ1n) is 14.4. The van der Waals surface area contributed by atoms with Crippen LogP contribution in [0, 0.1) is 18.3 Å². The van der Waals surface area contributed by atoms with Crippen LogP contribution in [-0.4, -0.2) is 47.2 Å². The monoisotopic (exact) mass is 589 g/mol. The fourth-order valence-electron chi connectivity index (χ4n) is 5.31. The van der Waals surface area contributed by atoms with E-state index in [1.807, 2.05) is 6.92 Å². The van der Waals surface area contributed by atoms with Gasteiger partial charge in [0.1, 0.15) is 0 Å². The van der Waals surface area contributed by atoms with Crippen LogP contribution in [0.3, 0.4) is 0 Å². The summed E-state index contributed by atoms with van der Waals surface area (Å²) < 4.78 is 31.4. The molecule has 0 bridgehead atoms. The minimum absolute atomic E-state index is 0.000322. The summed E-state index contributed by atoms with van der Waals surface area (Å²) in [5.74, 6) is -0.920. The molecule has 1 aliphatic rings. The van der Waals surface area contributed by atoms with Gasteiger partial charge in [0.05, 0.1) is 21.5 Å². The molecule has 0 spiro atoms. The number of rotatable bonds is 10. The number of carbonyl (C=O) groups is 2. The third-order valence-corrected chi connectivity index (χ3v) is 9.53. The Morgan fingerprint density at radius 1 is 1.00 bits per heavy atom. The van der Waals surface area contributed by atoms with Crippen molar-refractivity contribution in [3.8, 4) is 11.3 Å². The quantitative estimate of drug-likeness (QED) is 0.301. The molecule has 0 aliphatic heterocycles. The minimum Gasteiger partial charge on any atom is -0.481 e. The Morgan fingerprint density at radius 2 is 1.61 bits per heavy atom. The lowest BCUT2D eigenvalue weighted by Crippen LogP contribution is -2.41. The van der Waals surface area contributed by atoms with Crippen molar-refractivity contribution in [2.75, 3.05) is 6.54 Å². The molecule has 9 nitrogen and oxygen atoms in total. The van der Waals surface area contributed by atoms with E-state index in [0.717, 1.165) is 37.1 Å². The molecule has 1 aliphatic carbocycles. The molecule has 0 saturated heterocycles. The number of sulfonamides is 1. The molecular weight excluding hydrogens is 542 g/mol. The molecule has 1 fully saturated rings. The molecule has 1 aromatic heterocycles. The van der Waals surface area contributed by atoms with E-state index >= 15 is 0 Å². The molecule has 228 valence electrons. The van der Waals surface area contributed by atoms with Crippen molar-refractivity contribution >= 4 is 21.9 Å². The van der Waals surface area contributed by atoms with Gasteiger partial charge in [-0.05, 0) is 97.9 Å². The van der Waals surface area contributed by atoms with Gasteiger partial charge in [-0.15, -0.1) is 0 Å². The number of nitrogens with one attached hydrogen (secondary N) is 2. The lowest BCUT2D eigenvalue weighted by atomic mass is 9.89. The van der Waals surface area contributed by atoms with Crippen LogP contribution in [0.25, 0.3) is 11.3 Å². The van der Waals surface area contributed by atoms with Crippen molar-refractivity contribution in [1.82, 2.24) is 14.6 Å². The Kier molecular flexibility index (Phi) is 9.52. The van der Waals surface area contributed by atoms with Gasteiger partial charge in [-0.25, -0.2) is 13.1 Å². The largest absolute Gasteiger partial charge is 0.481 e. The molecule has 0 radical (unpaired) electrons. The van der Waals surface area contributed by atoms with E-state index in [-0.39, 0.29) is 22.9 Å². The summed E-state index contributed by atoms with van der Waals surface area (Å²) in [6.45, 7) is 14.1.